The Morgan fingerprint density at radius 1 is 1.00 bits per heavy atom. The molecule has 9 nitrogen and oxygen atoms in total. The topological polar surface area (TPSA) is 98.4 Å². The van der Waals surface area contributed by atoms with Gasteiger partial charge < -0.3 is 30.2 Å². The molecule has 3 aromatic rings. The third-order valence-electron chi connectivity index (χ3n) is 5.88. The van der Waals surface area contributed by atoms with E-state index < -0.39 is 0 Å². The number of allylic oxidation sites excluding steroid dienone is 5. The van der Waals surface area contributed by atoms with E-state index in [0.29, 0.717) is 24.5 Å². The summed E-state index contributed by atoms with van der Waals surface area (Å²) in [5, 5.41) is 7.31. The summed E-state index contributed by atoms with van der Waals surface area (Å²) in [4.78, 5) is 29.7. The summed E-state index contributed by atoms with van der Waals surface area (Å²) in [6.45, 7) is 4.71. The maximum Gasteiger partial charge on any atom is 0.255 e. The molecule has 0 aliphatic heterocycles. The molecule has 202 valence electrons. The predicted octanol–water partition coefficient (Wildman–Crippen LogP) is 4.01. The summed E-state index contributed by atoms with van der Waals surface area (Å²) in [5.74, 6) is 1.26. The van der Waals surface area contributed by atoms with Crippen molar-refractivity contribution < 1.29 is 9.53 Å². The Hall–Kier alpha value is -3.95. The molecule has 0 aliphatic rings. The summed E-state index contributed by atoms with van der Waals surface area (Å²) in [7, 11) is 9.63. The number of pyridine rings is 2. The largest absolute Gasteiger partial charge is 0.501 e. The summed E-state index contributed by atoms with van der Waals surface area (Å²) in [5.41, 5.74) is 4.04. The van der Waals surface area contributed by atoms with Crippen molar-refractivity contribution in [3.8, 4) is 11.1 Å². The van der Waals surface area contributed by atoms with Crippen LogP contribution >= 0.6 is 0 Å². The van der Waals surface area contributed by atoms with Crippen LogP contribution in [-0.2, 0) is 4.74 Å². The maximum atomic E-state index is 13.1. The van der Waals surface area contributed by atoms with Crippen LogP contribution in [0.4, 0.5) is 5.82 Å². The zero-order chi connectivity index (χ0) is 27.5. The van der Waals surface area contributed by atoms with E-state index in [4.69, 9.17) is 4.74 Å². The Balaban J connectivity index is 1.89. The molecule has 0 aromatic carbocycles. The molecule has 0 unspecified atom stereocenters. The molecule has 1 amide bonds. The molecule has 0 fully saturated rings. The lowest BCUT2D eigenvalue weighted by Crippen LogP contribution is -2.32. The highest BCUT2D eigenvalue weighted by molar-refractivity contribution is 6.00. The van der Waals surface area contributed by atoms with Gasteiger partial charge in [-0.1, -0.05) is 24.3 Å². The summed E-state index contributed by atoms with van der Waals surface area (Å²) >= 11 is 0. The first-order chi connectivity index (χ1) is 18.3. The summed E-state index contributed by atoms with van der Waals surface area (Å²) in [6.07, 6.45) is 15.3. The van der Waals surface area contributed by atoms with E-state index in [1.54, 1.807) is 19.5 Å². The molecule has 0 saturated heterocycles. The van der Waals surface area contributed by atoms with Crippen molar-refractivity contribution in [1.29, 1.82) is 0 Å². The van der Waals surface area contributed by atoms with Gasteiger partial charge in [-0.25, -0.2) is 9.97 Å². The van der Waals surface area contributed by atoms with Gasteiger partial charge in [-0.05, 0) is 53.3 Å². The van der Waals surface area contributed by atoms with Gasteiger partial charge in [0.1, 0.15) is 11.5 Å². The van der Waals surface area contributed by atoms with E-state index in [2.05, 4.69) is 36.6 Å². The highest BCUT2D eigenvalue weighted by atomic mass is 16.5. The van der Waals surface area contributed by atoms with Crippen molar-refractivity contribution in [1.82, 2.24) is 30.1 Å². The first kappa shape index (κ1) is 28.6. The van der Waals surface area contributed by atoms with Gasteiger partial charge in [0, 0.05) is 66.8 Å². The van der Waals surface area contributed by atoms with Crippen LogP contribution in [0.15, 0.2) is 60.8 Å². The number of aromatic nitrogens is 3. The number of rotatable bonds is 13. The van der Waals surface area contributed by atoms with Crippen molar-refractivity contribution in [2.24, 2.45) is 0 Å². The van der Waals surface area contributed by atoms with Crippen LogP contribution in [0, 0.1) is 0 Å². The highest BCUT2D eigenvalue weighted by Crippen LogP contribution is 2.27. The molecule has 0 spiro atoms. The first-order valence-corrected chi connectivity index (χ1v) is 12.6. The number of carbonyl (C=O) groups is 1. The maximum absolute atomic E-state index is 13.1. The van der Waals surface area contributed by atoms with Crippen LogP contribution in [-0.4, -0.2) is 92.1 Å². The van der Waals surface area contributed by atoms with Crippen molar-refractivity contribution in [2.45, 2.75) is 6.92 Å². The van der Waals surface area contributed by atoms with Crippen LogP contribution < -0.4 is 10.6 Å². The third kappa shape index (κ3) is 8.29. The van der Waals surface area contributed by atoms with Crippen LogP contribution in [0.1, 0.15) is 22.8 Å². The Bertz CT molecular complexity index is 1310. The third-order valence-corrected chi connectivity index (χ3v) is 5.88. The number of hydrogen-bond acceptors (Lipinski definition) is 7. The molecule has 3 rings (SSSR count). The van der Waals surface area contributed by atoms with Gasteiger partial charge in [-0.3, -0.25) is 4.79 Å². The number of anilines is 1. The number of H-pyrrole nitrogens is 1. The van der Waals surface area contributed by atoms with E-state index in [9.17, 15) is 4.79 Å². The number of ether oxygens (including phenoxy) is 1. The Morgan fingerprint density at radius 3 is 2.45 bits per heavy atom. The molecule has 3 N–H and O–H groups in total. The van der Waals surface area contributed by atoms with E-state index in [1.165, 1.54) is 0 Å². The predicted molar refractivity (Wildman–Crippen MR) is 156 cm³/mol. The van der Waals surface area contributed by atoms with Gasteiger partial charge in [0.2, 0.25) is 0 Å². The van der Waals surface area contributed by atoms with E-state index in [-0.39, 0.29) is 5.91 Å². The lowest BCUT2D eigenvalue weighted by atomic mass is 10.0. The second-order valence-electron chi connectivity index (χ2n) is 9.50. The molecule has 0 saturated carbocycles. The standard InChI is InChI=1S/C29H39N7O2/c1-21(38-6)10-8-7-9-11-22-18-32-27-25(22)16-23(19-33-27)24-17-26(29(37)31-13-15-36(4)5)28(34-20-24)30-12-14-35(2)3/h7-11,16-20H,12-15H2,1-6H3,(H,30,34)(H,31,37)(H,32,33)/b8-7-,11-9+,21-10+. The zero-order valence-electron chi connectivity index (χ0n) is 23.2. The molecule has 3 aromatic heterocycles. The number of aromatic amines is 1. The highest BCUT2D eigenvalue weighted by Gasteiger charge is 2.15. The van der Waals surface area contributed by atoms with Crippen molar-refractivity contribution in [3.05, 3.63) is 71.9 Å². The molecular weight excluding hydrogens is 478 g/mol. The SMILES string of the molecule is CO/C(C)=C/C=C\C=C\c1c[nH]c2ncc(-c3cnc(NCCN(C)C)c(C(=O)NCCN(C)C)c3)cc12. The van der Waals surface area contributed by atoms with Crippen LogP contribution in [0.2, 0.25) is 0 Å². The normalized spacial score (nSPS) is 12.4. The lowest BCUT2D eigenvalue weighted by Gasteiger charge is -2.16. The van der Waals surface area contributed by atoms with Gasteiger partial charge in [-0.2, -0.15) is 0 Å². The fraction of sp³-hybridized carbons (Fsp3) is 0.345. The van der Waals surface area contributed by atoms with Crippen molar-refractivity contribution >= 4 is 28.8 Å². The van der Waals surface area contributed by atoms with Gasteiger partial charge in [-0.15, -0.1) is 0 Å². The second kappa shape index (κ2) is 14.1. The quantitative estimate of drug-likeness (QED) is 0.233. The summed E-state index contributed by atoms with van der Waals surface area (Å²) < 4.78 is 5.14. The van der Waals surface area contributed by atoms with Gasteiger partial charge in [0.05, 0.1) is 18.4 Å². The number of likely N-dealkylation sites (N-methyl/N-ethyl adjacent to an activating group) is 2. The fourth-order valence-corrected chi connectivity index (χ4v) is 3.62. The van der Waals surface area contributed by atoms with E-state index in [0.717, 1.165) is 46.6 Å². The molecular formula is C29H39N7O2. The molecule has 9 heteroatoms. The van der Waals surface area contributed by atoms with E-state index >= 15 is 0 Å². The number of hydrogen-bond donors (Lipinski definition) is 3. The van der Waals surface area contributed by atoms with Crippen LogP contribution in [0.3, 0.4) is 0 Å². The molecule has 3 heterocycles. The van der Waals surface area contributed by atoms with Crippen LogP contribution in [0.25, 0.3) is 28.2 Å². The average molecular weight is 518 g/mol. The van der Waals surface area contributed by atoms with Gasteiger partial charge in [0.15, 0.2) is 0 Å². The minimum Gasteiger partial charge on any atom is -0.501 e. The number of amides is 1. The average Bonchev–Trinajstić information content (AvgIpc) is 3.30. The van der Waals surface area contributed by atoms with Gasteiger partial charge in [0.25, 0.3) is 5.91 Å². The number of carbonyl (C=O) groups excluding carboxylic acids is 1. The molecule has 38 heavy (non-hydrogen) atoms. The number of nitrogens with zero attached hydrogens (tertiary/aromatic N) is 4. The minimum absolute atomic E-state index is 0.155. The number of nitrogens with one attached hydrogen (secondary N) is 3. The monoisotopic (exact) mass is 517 g/mol. The van der Waals surface area contributed by atoms with Gasteiger partial charge >= 0.3 is 0 Å². The van der Waals surface area contributed by atoms with Crippen molar-refractivity contribution in [2.75, 3.05) is 66.8 Å². The lowest BCUT2D eigenvalue weighted by molar-refractivity contribution is 0.0951. The Labute approximate surface area is 225 Å². The van der Waals surface area contributed by atoms with Crippen molar-refractivity contribution in [3.63, 3.8) is 0 Å². The zero-order valence-corrected chi connectivity index (χ0v) is 23.2. The minimum atomic E-state index is -0.155. The first-order valence-electron chi connectivity index (χ1n) is 12.6. The Morgan fingerprint density at radius 2 is 1.71 bits per heavy atom. The second-order valence-corrected chi connectivity index (χ2v) is 9.50. The fourth-order valence-electron chi connectivity index (χ4n) is 3.62. The molecule has 0 atom stereocenters. The molecule has 0 aliphatic carbocycles. The smallest absolute Gasteiger partial charge is 0.255 e. The molecule has 0 bridgehead atoms. The van der Waals surface area contributed by atoms with Crippen LogP contribution in [0.5, 0.6) is 0 Å². The number of methoxy groups -OCH3 is 1. The molecule has 0 radical (unpaired) electrons. The van der Waals surface area contributed by atoms with E-state index in [1.807, 2.05) is 82.7 Å². The number of fused-ring (bicyclic) bond motifs is 1. The Kier molecular flexibility index (Phi) is 10.6. The summed E-state index contributed by atoms with van der Waals surface area (Å²) in [6, 6.07) is 3.95.